The number of benzene rings is 1. The lowest BCUT2D eigenvalue weighted by atomic mass is 9.96. The van der Waals surface area contributed by atoms with E-state index in [1.165, 1.54) is 0 Å². The van der Waals surface area contributed by atoms with Crippen molar-refractivity contribution in [3.63, 3.8) is 0 Å². The largest absolute Gasteiger partial charge is 0.338 e. The van der Waals surface area contributed by atoms with Crippen LogP contribution in [0.15, 0.2) is 36.7 Å². The Hall–Kier alpha value is -2.23. The summed E-state index contributed by atoms with van der Waals surface area (Å²) in [5.74, 6) is 1.65. The van der Waals surface area contributed by atoms with Crippen molar-refractivity contribution in [2.75, 3.05) is 0 Å². The first-order chi connectivity index (χ1) is 9.04. The first-order valence-corrected chi connectivity index (χ1v) is 6.32. The van der Waals surface area contributed by atoms with Gasteiger partial charge in [0.1, 0.15) is 11.6 Å². The molecule has 4 heteroatoms. The molecule has 0 saturated carbocycles. The van der Waals surface area contributed by atoms with Crippen molar-refractivity contribution in [2.45, 2.75) is 26.2 Å². The molecular formula is C15H16N4. The Bertz CT molecular complexity index is 672. The second-order valence-corrected chi connectivity index (χ2v) is 5.65. The average molecular weight is 252 g/mol. The third kappa shape index (κ3) is 2.21. The maximum atomic E-state index is 4.54. The molecule has 0 unspecified atom stereocenters. The normalized spacial score (nSPS) is 11.9. The number of aromatic nitrogens is 4. The fraction of sp³-hybridized carbons (Fsp3) is 0.267. The second-order valence-electron chi connectivity index (χ2n) is 5.65. The molecule has 2 heterocycles. The van der Waals surface area contributed by atoms with Crippen molar-refractivity contribution in [2.24, 2.45) is 0 Å². The van der Waals surface area contributed by atoms with Gasteiger partial charge in [-0.2, -0.15) is 0 Å². The molecule has 2 aromatic heterocycles. The minimum atomic E-state index is -0.0353. The first-order valence-electron chi connectivity index (χ1n) is 6.32. The number of hydrogen-bond acceptors (Lipinski definition) is 3. The van der Waals surface area contributed by atoms with Crippen LogP contribution in [0.2, 0.25) is 0 Å². The maximum absolute atomic E-state index is 4.54. The molecule has 1 aromatic carbocycles. The number of nitrogens with one attached hydrogen (secondary N) is 1. The van der Waals surface area contributed by atoms with E-state index in [9.17, 15) is 0 Å². The van der Waals surface area contributed by atoms with Crippen LogP contribution in [0.5, 0.6) is 0 Å². The zero-order valence-electron chi connectivity index (χ0n) is 11.3. The van der Waals surface area contributed by atoms with Gasteiger partial charge in [0.15, 0.2) is 0 Å². The number of rotatable bonds is 1. The van der Waals surface area contributed by atoms with E-state index < -0.39 is 0 Å². The number of imidazole rings is 1. The summed E-state index contributed by atoms with van der Waals surface area (Å²) < 4.78 is 0. The van der Waals surface area contributed by atoms with Crippen LogP contribution in [0.25, 0.3) is 22.4 Å². The third-order valence-corrected chi connectivity index (χ3v) is 2.99. The fourth-order valence-corrected chi connectivity index (χ4v) is 1.93. The molecule has 19 heavy (non-hydrogen) atoms. The highest BCUT2D eigenvalue weighted by Crippen LogP contribution is 2.21. The van der Waals surface area contributed by atoms with Gasteiger partial charge in [-0.3, -0.25) is 0 Å². The Morgan fingerprint density at radius 3 is 2.32 bits per heavy atom. The summed E-state index contributed by atoms with van der Waals surface area (Å²) in [6, 6.07) is 7.96. The van der Waals surface area contributed by atoms with Gasteiger partial charge in [-0.15, -0.1) is 0 Å². The summed E-state index contributed by atoms with van der Waals surface area (Å²) >= 11 is 0. The minimum Gasteiger partial charge on any atom is -0.338 e. The Kier molecular flexibility index (Phi) is 2.59. The van der Waals surface area contributed by atoms with Gasteiger partial charge >= 0.3 is 0 Å². The summed E-state index contributed by atoms with van der Waals surface area (Å²) in [5.41, 5.74) is 2.85. The quantitative estimate of drug-likeness (QED) is 0.722. The summed E-state index contributed by atoms with van der Waals surface area (Å²) in [6.45, 7) is 6.30. The number of para-hydroxylation sites is 2. The summed E-state index contributed by atoms with van der Waals surface area (Å²) in [6.07, 6.45) is 3.65. The van der Waals surface area contributed by atoms with Gasteiger partial charge < -0.3 is 4.98 Å². The van der Waals surface area contributed by atoms with Crippen LogP contribution < -0.4 is 0 Å². The number of nitrogens with zero attached hydrogens (tertiary/aromatic N) is 3. The second kappa shape index (κ2) is 4.16. The van der Waals surface area contributed by atoms with Crippen LogP contribution in [0, 0.1) is 0 Å². The monoisotopic (exact) mass is 252 g/mol. The predicted octanol–water partition coefficient (Wildman–Crippen LogP) is 3.32. The smallest absolute Gasteiger partial charge is 0.141 e. The molecule has 0 aliphatic heterocycles. The van der Waals surface area contributed by atoms with E-state index in [1.807, 2.05) is 36.7 Å². The molecule has 0 aliphatic rings. The summed E-state index contributed by atoms with van der Waals surface area (Å²) in [5, 5.41) is 0. The SMILES string of the molecule is CC(C)(C)c1ncc(-c2nc3ccccc3[nH]2)cn1. The van der Waals surface area contributed by atoms with Crippen molar-refractivity contribution >= 4 is 11.0 Å². The summed E-state index contributed by atoms with van der Waals surface area (Å²) in [4.78, 5) is 16.7. The van der Waals surface area contributed by atoms with Crippen LogP contribution in [-0.2, 0) is 5.41 Å². The Balaban J connectivity index is 2.02. The molecule has 96 valence electrons. The molecule has 3 rings (SSSR count). The molecule has 0 amide bonds. The molecule has 0 radical (unpaired) electrons. The van der Waals surface area contributed by atoms with Crippen LogP contribution in [0.3, 0.4) is 0 Å². The van der Waals surface area contributed by atoms with Crippen LogP contribution in [-0.4, -0.2) is 19.9 Å². The van der Waals surface area contributed by atoms with Crippen molar-refractivity contribution < 1.29 is 0 Å². The van der Waals surface area contributed by atoms with E-state index in [4.69, 9.17) is 0 Å². The molecule has 4 nitrogen and oxygen atoms in total. The lowest BCUT2D eigenvalue weighted by molar-refractivity contribution is 0.545. The lowest BCUT2D eigenvalue weighted by Gasteiger charge is -2.15. The van der Waals surface area contributed by atoms with Gasteiger partial charge in [-0.05, 0) is 12.1 Å². The highest BCUT2D eigenvalue weighted by molar-refractivity contribution is 5.78. The fourth-order valence-electron chi connectivity index (χ4n) is 1.93. The molecule has 0 saturated heterocycles. The van der Waals surface area contributed by atoms with Gasteiger partial charge in [0.2, 0.25) is 0 Å². The molecule has 3 aromatic rings. The van der Waals surface area contributed by atoms with Crippen LogP contribution >= 0.6 is 0 Å². The standard InChI is InChI=1S/C15H16N4/c1-15(2,3)14-16-8-10(9-17-14)13-18-11-6-4-5-7-12(11)19-13/h4-9H,1-3H3,(H,18,19). The molecule has 0 atom stereocenters. The topological polar surface area (TPSA) is 54.5 Å². The minimum absolute atomic E-state index is 0.0353. The number of hydrogen-bond donors (Lipinski definition) is 1. The molecule has 0 aliphatic carbocycles. The molecule has 0 fully saturated rings. The Labute approximate surface area is 111 Å². The highest BCUT2D eigenvalue weighted by Gasteiger charge is 2.17. The average Bonchev–Trinajstić information content (AvgIpc) is 2.81. The van der Waals surface area contributed by atoms with E-state index in [0.717, 1.165) is 28.2 Å². The third-order valence-electron chi connectivity index (χ3n) is 2.99. The van der Waals surface area contributed by atoms with Crippen molar-refractivity contribution in [3.8, 4) is 11.4 Å². The van der Waals surface area contributed by atoms with E-state index in [-0.39, 0.29) is 5.41 Å². The molecule has 1 N–H and O–H groups in total. The van der Waals surface area contributed by atoms with Gasteiger partial charge in [-0.1, -0.05) is 32.9 Å². The van der Waals surface area contributed by atoms with E-state index >= 15 is 0 Å². The van der Waals surface area contributed by atoms with Gasteiger partial charge in [0.05, 0.1) is 16.6 Å². The van der Waals surface area contributed by atoms with Crippen molar-refractivity contribution in [1.82, 2.24) is 19.9 Å². The van der Waals surface area contributed by atoms with E-state index in [1.54, 1.807) is 0 Å². The van der Waals surface area contributed by atoms with Gasteiger partial charge in [0.25, 0.3) is 0 Å². The van der Waals surface area contributed by atoms with Crippen molar-refractivity contribution in [3.05, 3.63) is 42.5 Å². The number of aromatic amines is 1. The highest BCUT2D eigenvalue weighted by atomic mass is 14.9. The zero-order chi connectivity index (χ0) is 13.5. The first kappa shape index (κ1) is 11.8. The van der Waals surface area contributed by atoms with E-state index in [2.05, 4.69) is 40.7 Å². The maximum Gasteiger partial charge on any atom is 0.141 e. The van der Waals surface area contributed by atoms with Crippen LogP contribution in [0.1, 0.15) is 26.6 Å². The van der Waals surface area contributed by atoms with Crippen LogP contribution in [0.4, 0.5) is 0 Å². The molecular weight excluding hydrogens is 236 g/mol. The predicted molar refractivity (Wildman–Crippen MR) is 75.8 cm³/mol. The van der Waals surface area contributed by atoms with Gasteiger partial charge in [0, 0.05) is 17.8 Å². The lowest BCUT2D eigenvalue weighted by Crippen LogP contribution is -2.15. The number of H-pyrrole nitrogens is 1. The molecule has 0 spiro atoms. The number of fused-ring (bicyclic) bond motifs is 1. The van der Waals surface area contributed by atoms with Crippen molar-refractivity contribution in [1.29, 1.82) is 0 Å². The summed E-state index contributed by atoms with van der Waals surface area (Å²) in [7, 11) is 0. The Morgan fingerprint density at radius 1 is 1.00 bits per heavy atom. The Morgan fingerprint density at radius 2 is 1.68 bits per heavy atom. The molecule has 0 bridgehead atoms. The van der Waals surface area contributed by atoms with E-state index in [0.29, 0.717) is 0 Å². The zero-order valence-corrected chi connectivity index (χ0v) is 11.3. The van der Waals surface area contributed by atoms with Gasteiger partial charge in [-0.25, -0.2) is 15.0 Å².